The molecule has 1 saturated heterocycles. The summed E-state index contributed by atoms with van der Waals surface area (Å²) in [5.41, 5.74) is -1.77. The molecular weight excluding hydrogens is 394 g/mol. The standard InChI is InChI=1S/C20H29N3O7/c1-8-9-28-16(25)12-10-22-11-13(21-18(27)30-20(5,6)7)15(24)23(22)14(12)17(26)29-19(2,3)4/h8,13H,1,9-11H2,2-7H3,(H,21,27)/t13-/m0/s1. The van der Waals surface area contributed by atoms with Crippen LogP contribution in [0.25, 0.3) is 0 Å². The summed E-state index contributed by atoms with van der Waals surface area (Å²) < 4.78 is 15.6. The van der Waals surface area contributed by atoms with Gasteiger partial charge in [-0.2, -0.15) is 0 Å². The predicted molar refractivity (Wildman–Crippen MR) is 106 cm³/mol. The van der Waals surface area contributed by atoms with Gasteiger partial charge >= 0.3 is 18.0 Å². The maximum absolute atomic E-state index is 13.0. The fraction of sp³-hybridized carbons (Fsp3) is 0.600. The van der Waals surface area contributed by atoms with Gasteiger partial charge in [0.05, 0.1) is 12.1 Å². The molecule has 2 amide bonds. The molecule has 0 aromatic heterocycles. The van der Waals surface area contributed by atoms with Gasteiger partial charge in [0.2, 0.25) is 0 Å². The number of carbonyl (C=O) groups is 4. The minimum atomic E-state index is -0.942. The Morgan fingerprint density at radius 2 is 1.70 bits per heavy atom. The number of alkyl carbamates (subject to hydrolysis) is 1. The largest absolute Gasteiger partial charge is 0.458 e. The molecule has 0 spiro atoms. The van der Waals surface area contributed by atoms with Gasteiger partial charge in [0.1, 0.15) is 23.9 Å². The van der Waals surface area contributed by atoms with Crippen molar-refractivity contribution in [3.8, 4) is 0 Å². The lowest BCUT2D eigenvalue weighted by Crippen LogP contribution is -2.45. The molecule has 0 bridgehead atoms. The van der Waals surface area contributed by atoms with Gasteiger partial charge in [-0.3, -0.25) is 4.79 Å². The van der Waals surface area contributed by atoms with E-state index in [0.29, 0.717) is 0 Å². The van der Waals surface area contributed by atoms with Gasteiger partial charge in [0.25, 0.3) is 5.91 Å². The highest BCUT2D eigenvalue weighted by molar-refractivity contribution is 6.05. The van der Waals surface area contributed by atoms with E-state index in [1.165, 1.54) is 11.1 Å². The number of hydrazine groups is 1. The fourth-order valence-corrected chi connectivity index (χ4v) is 2.91. The predicted octanol–water partition coefficient (Wildman–Crippen LogP) is 1.28. The fourth-order valence-electron chi connectivity index (χ4n) is 2.91. The van der Waals surface area contributed by atoms with Crippen LogP contribution in [-0.2, 0) is 28.6 Å². The first-order chi connectivity index (χ1) is 13.7. The summed E-state index contributed by atoms with van der Waals surface area (Å²) in [7, 11) is 0. The van der Waals surface area contributed by atoms with Gasteiger partial charge in [-0.05, 0) is 41.5 Å². The number of nitrogens with zero attached hydrogens (tertiary/aromatic N) is 2. The number of carbonyl (C=O) groups excluding carboxylic acids is 4. The average Bonchev–Trinajstić information content (AvgIpc) is 3.07. The quantitative estimate of drug-likeness (QED) is 0.400. The molecule has 0 aromatic rings. The first-order valence-corrected chi connectivity index (χ1v) is 9.56. The molecule has 2 aliphatic heterocycles. The van der Waals surface area contributed by atoms with Crippen LogP contribution in [-0.4, -0.2) is 70.9 Å². The lowest BCUT2D eigenvalue weighted by molar-refractivity contribution is -0.156. The average molecular weight is 423 g/mol. The van der Waals surface area contributed by atoms with Crippen molar-refractivity contribution in [2.24, 2.45) is 0 Å². The van der Waals surface area contributed by atoms with Crippen LogP contribution >= 0.6 is 0 Å². The van der Waals surface area contributed by atoms with Crippen LogP contribution in [0.1, 0.15) is 41.5 Å². The van der Waals surface area contributed by atoms with Crippen molar-refractivity contribution in [2.75, 3.05) is 19.7 Å². The Morgan fingerprint density at radius 3 is 2.23 bits per heavy atom. The Hall–Kier alpha value is -2.88. The summed E-state index contributed by atoms with van der Waals surface area (Å²) in [6, 6.07) is -0.942. The number of fused-ring (bicyclic) bond motifs is 1. The number of amides is 2. The van der Waals surface area contributed by atoms with E-state index in [-0.39, 0.29) is 31.0 Å². The van der Waals surface area contributed by atoms with Crippen molar-refractivity contribution < 1.29 is 33.4 Å². The number of ether oxygens (including phenoxy) is 3. The van der Waals surface area contributed by atoms with E-state index in [2.05, 4.69) is 11.9 Å². The number of hydrogen-bond donors (Lipinski definition) is 1. The van der Waals surface area contributed by atoms with Crippen molar-refractivity contribution >= 4 is 23.9 Å². The Morgan fingerprint density at radius 1 is 1.10 bits per heavy atom. The first kappa shape index (κ1) is 23.4. The molecule has 0 aliphatic carbocycles. The molecule has 0 aromatic carbocycles. The summed E-state index contributed by atoms with van der Waals surface area (Å²) in [5, 5.41) is 5.05. The third kappa shape index (κ3) is 5.59. The van der Waals surface area contributed by atoms with E-state index in [9.17, 15) is 19.2 Å². The highest BCUT2D eigenvalue weighted by Crippen LogP contribution is 2.31. The molecule has 2 aliphatic rings. The van der Waals surface area contributed by atoms with Crippen LogP contribution in [0, 0.1) is 0 Å². The molecule has 2 heterocycles. The molecular formula is C20H29N3O7. The third-order valence-corrected chi connectivity index (χ3v) is 3.88. The molecule has 2 rings (SSSR count). The Bertz CT molecular complexity index is 789. The van der Waals surface area contributed by atoms with Crippen molar-refractivity contribution in [3.05, 3.63) is 23.9 Å². The van der Waals surface area contributed by atoms with Crippen LogP contribution < -0.4 is 5.32 Å². The van der Waals surface area contributed by atoms with Gasteiger partial charge < -0.3 is 19.5 Å². The molecule has 0 saturated carbocycles. The van der Waals surface area contributed by atoms with Gasteiger partial charge in [0, 0.05) is 6.54 Å². The van der Waals surface area contributed by atoms with Crippen LogP contribution in [0.3, 0.4) is 0 Å². The van der Waals surface area contributed by atoms with Crippen molar-refractivity contribution in [2.45, 2.75) is 58.8 Å². The second kappa shape index (κ2) is 8.47. The normalized spacial score (nSPS) is 19.5. The van der Waals surface area contributed by atoms with E-state index in [4.69, 9.17) is 14.2 Å². The smallest absolute Gasteiger partial charge is 0.408 e. The van der Waals surface area contributed by atoms with Crippen molar-refractivity contribution in [1.82, 2.24) is 15.3 Å². The molecule has 1 N–H and O–H groups in total. The number of hydrogen-bond acceptors (Lipinski definition) is 8. The highest BCUT2D eigenvalue weighted by Gasteiger charge is 2.50. The molecule has 0 unspecified atom stereocenters. The Kier molecular flexibility index (Phi) is 6.60. The Balaban J connectivity index is 2.28. The van der Waals surface area contributed by atoms with Gasteiger partial charge in [0.15, 0.2) is 5.70 Å². The van der Waals surface area contributed by atoms with Crippen molar-refractivity contribution in [1.29, 1.82) is 0 Å². The minimum Gasteiger partial charge on any atom is -0.458 e. The van der Waals surface area contributed by atoms with E-state index >= 15 is 0 Å². The number of esters is 2. The van der Waals surface area contributed by atoms with E-state index < -0.39 is 41.2 Å². The molecule has 10 heteroatoms. The zero-order chi connectivity index (χ0) is 22.9. The number of nitrogens with one attached hydrogen (secondary N) is 1. The summed E-state index contributed by atoms with van der Waals surface area (Å²) in [6.07, 6.45) is 0.644. The zero-order valence-corrected chi connectivity index (χ0v) is 18.2. The molecule has 0 radical (unpaired) electrons. The van der Waals surface area contributed by atoms with Crippen LogP contribution in [0.2, 0.25) is 0 Å². The lowest BCUT2D eigenvalue weighted by Gasteiger charge is -2.24. The van der Waals surface area contributed by atoms with Gasteiger partial charge in [-0.15, -0.1) is 0 Å². The summed E-state index contributed by atoms with van der Waals surface area (Å²) >= 11 is 0. The maximum Gasteiger partial charge on any atom is 0.408 e. The topological polar surface area (TPSA) is 114 Å². The van der Waals surface area contributed by atoms with E-state index in [1.54, 1.807) is 41.5 Å². The highest BCUT2D eigenvalue weighted by atomic mass is 16.6. The van der Waals surface area contributed by atoms with E-state index in [1.807, 2.05) is 0 Å². The van der Waals surface area contributed by atoms with Crippen molar-refractivity contribution in [3.63, 3.8) is 0 Å². The molecule has 166 valence electrons. The van der Waals surface area contributed by atoms with Crippen LogP contribution in [0.4, 0.5) is 4.79 Å². The summed E-state index contributed by atoms with van der Waals surface area (Å²) in [6.45, 7) is 13.6. The maximum atomic E-state index is 13.0. The summed E-state index contributed by atoms with van der Waals surface area (Å²) in [5.74, 6) is -2.15. The second-order valence-corrected chi connectivity index (χ2v) is 8.91. The van der Waals surface area contributed by atoms with E-state index in [0.717, 1.165) is 5.01 Å². The molecule has 10 nitrogen and oxygen atoms in total. The second-order valence-electron chi connectivity index (χ2n) is 8.91. The third-order valence-electron chi connectivity index (χ3n) is 3.88. The monoisotopic (exact) mass is 423 g/mol. The number of rotatable bonds is 5. The zero-order valence-electron chi connectivity index (χ0n) is 18.2. The lowest BCUT2D eigenvalue weighted by atomic mass is 10.1. The minimum absolute atomic E-state index is 0.00941. The van der Waals surface area contributed by atoms with Crippen LogP contribution in [0.5, 0.6) is 0 Å². The van der Waals surface area contributed by atoms with Crippen LogP contribution in [0.15, 0.2) is 23.9 Å². The Labute approximate surface area is 175 Å². The summed E-state index contributed by atoms with van der Waals surface area (Å²) in [4.78, 5) is 50.3. The SMILES string of the molecule is C=CCOC(=O)C1=C(C(=O)OC(C)(C)C)N2C(=O)[C@@H](NC(=O)OC(C)(C)C)CN2C1. The molecule has 1 atom stereocenters. The van der Waals surface area contributed by atoms with Gasteiger partial charge in [-0.1, -0.05) is 12.7 Å². The van der Waals surface area contributed by atoms with Gasteiger partial charge in [-0.25, -0.2) is 24.4 Å². The molecule has 30 heavy (non-hydrogen) atoms. The first-order valence-electron chi connectivity index (χ1n) is 9.56. The molecule has 1 fully saturated rings.